The van der Waals surface area contributed by atoms with Crippen molar-refractivity contribution in [3.63, 3.8) is 0 Å². The second kappa shape index (κ2) is 10.2. The lowest BCUT2D eigenvalue weighted by atomic mass is 9.98. The molecule has 1 heterocycles. The van der Waals surface area contributed by atoms with Crippen molar-refractivity contribution in [1.29, 1.82) is 0 Å². The molecule has 1 saturated heterocycles. The Hall–Kier alpha value is -1.68. The molecule has 24 heavy (non-hydrogen) atoms. The van der Waals surface area contributed by atoms with Crippen molar-refractivity contribution in [3.05, 3.63) is 35.4 Å². The number of hydrogen-bond acceptors (Lipinski definition) is 4. The number of ketones is 1. The Balaban J connectivity index is 1.83. The fourth-order valence-electron chi connectivity index (χ4n) is 3.21. The van der Waals surface area contributed by atoms with Crippen molar-refractivity contribution >= 4 is 11.8 Å². The molecule has 1 aliphatic rings. The zero-order chi connectivity index (χ0) is 17.2. The maximum Gasteiger partial charge on any atom is 0.305 e. The van der Waals surface area contributed by atoms with Gasteiger partial charge in [-0.2, -0.15) is 0 Å². The average molecular weight is 331 g/mol. The molecule has 1 aromatic rings. The molecular formula is C20H29NO3. The number of ether oxygens (including phenoxy) is 1. The number of likely N-dealkylation sites (tertiary alicyclic amines) is 1. The van der Waals surface area contributed by atoms with Crippen LogP contribution in [0.1, 0.15) is 67.8 Å². The van der Waals surface area contributed by atoms with Crippen LogP contribution in [0.5, 0.6) is 0 Å². The maximum atomic E-state index is 12.5. The van der Waals surface area contributed by atoms with Gasteiger partial charge in [0.05, 0.1) is 6.61 Å². The SMILES string of the molecule is CCOC(=O)CCCCC(=O)c1ccccc1CN1CCCCC1. The van der Waals surface area contributed by atoms with Crippen LogP contribution in [0.4, 0.5) is 0 Å². The highest BCUT2D eigenvalue weighted by atomic mass is 16.5. The van der Waals surface area contributed by atoms with Crippen LogP contribution in [-0.2, 0) is 16.1 Å². The molecule has 132 valence electrons. The third-order valence-corrected chi connectivity index (χ3v) is 4.50. The van der Waals surface area contributed by atoms with Crippen LogP contribution >= 0.6 is 0 Å². The molecule has 2 rings (SSSR count). The van der Waals surface area contributed by atoms with Gasteiger partial charge in [-0.3, -0.25) is 14.5 Å². The predicted molar refractivity (Wildman–Crippen MR) is 95.0 cm³/mol. The van der Waals surface area contributed by atoms with Crippen molar-refractivity contribution in [3.8, 4) is 0 Å². The summed E-state index contributed by atoms with van der Waals surface area (Å²) in [5.41, 5.74) is 1.98. The molecule has 0 aliphatic carbocycles. The fourth-order valence-corrected chi connectivity index (χ4v) is 3.21. The van der Waals surface area contributed by atoms with Crippen LogP contribution < -0.4 is 0 Å². The van der Waals surface area contributed by atoms with E-state index in [1.165, 1.54) is 19.3 Å². The molecule has 1 aromatic carbocycles. The molecule has 0 unspecified atom stereocenters. The number of Topliss-reactive ketones (excluding diaryl/α,β-unsaturated/α-hetero) is 1. The van der Waals surface area contributed by atoms with Crippen LogP contribution in [0.25, 0.3) is 0 Å². The van der Waals surface area contributed by atoms with Gasteiger partial charge >= 0.3 is 5.97 Å². The average Bonchev–Trinajstić information content (AvgIpc) is 2.60. The van der Waals surface area contributed by atoms with Gasteiger partial charge in [0.2, 0.25) is 0 Å². The number of benzene rings is 1. The van der Waals surface area contributed by atoms with E-state index in [-0.39, 0.29) is 11.8 Å². The number of esters is 1. The largest absolute Gasteiger partial charge is 0.466 e. The van der Waals surface area contributed by atoms with Crippen molar-refractivity contribution in [2.45, 2.75) is 58.4 Å². The standard InChI is InChI=1S/C20H29NO3/c1-2-24-20(23)13-7-6-12-19(22)18-11-5-4-10-17(18)16-21-14-8-3-9-15-21/h4-5,10-11H,2-3,6-9,12-16H2,1H3. The first-order valence-corrected chi connectivity index (χ1v) is 9.19. The van der Waals surface area contributed by atoms with E-state index in [2.05, 4.69) is 11.0 Å². The van der Waals surface area contributed by atoms with E-state index in [1.54, 1.807) is 6.92 Å². The summed E-state index contributed by atoms with van der Waals surface area (Å²) in [5.74, 6) is 0.0157. The quantitative estimate of drug-likeness (QED) is 0.390. The summed E-state index contributed by atoms with van der Waals surface area (Å²) in [6, 6.07) is 7.95. The highest BCUT2D eigenvalue weighted by molar-refractivity contribution is 5.97. The third-order valence-electron chi connectivity index (χ3n) is 4.50. The predicted octanol–water partition coefficient (Wildman–Crippen LogP) is 3.98. The minimum absolute atomic E-state index is 0.171. The topological polar surface area (TPSA) is 46.6 Å². The maximum absolute atomic E-state index is 12.5. The Labute approximate surface area is 145 Å². The number of nitrogens with zero attached hydrogens (tertiary/aromatic N) is 1. The van der Waals surface area contributed by atoms with Gasteiger partial charge in [-0.25, -0.2) is 0 Å². The number of rotatable bonds is 9. The van der Waals surface area contributed by atoms with Crippen LogP contribution in [0, 0.1) is 0 Å². The van der Waals surface area contributed by atoms with E-state index in [0.29, 0.717) is 25.9 Å². The summed E-state index contributed by atoms with van der Waals surface area (Å²) in [5, 5.41) is 0. The van der Waals surface area contributed by atoms with Gasteiger partial charge in [-0.05, 0) is 51.3 Å². The van der Waals surface area contributed by atoms with Gasteiger partial charge in [0, 0.05) is 24.9 Å². The van der Waals surface area contributed by atoms with Gasteiger partial charge < -0.3 is 4.74 Å². The lowest BCUT2D eigenvalue weighted by Gasteiger charge is -2.27. The molecule has 0 saturated carbocycles. The Morgan fingerprint density at radius 3 is 2.50 bits per heavy atom. The minimum atomic E-state index is -0.171. The second-order valence-electron chi connectivity index (χ2n) is 6.43. The van der Waals surface area contributed by atoms with E-state index in [9.17, 15) is 9.59 Å². The molecule has 0 N–H and O–H groups in total. The lowest BCUT2D eigenvalue weighted by molar-refractivity contribution is -0.143. The van der Waals surface area contributed by atoms with Crippen molar-refractivity contribution in [1.82, 2.24) is 4.90 Å². The molecule has 4 heteroatoms. The van der Waals surface area contributed by atoms with Gasteiger partial charge in [0.1, 0.15) is 0 Å². The van der Waals surface area contributed by atoms with Crippen LogP contribution in [0.2, 0.25) is 0 Å². The summed E-state index contributed by atoms with van der Waals surface area (Å²) in [6.07, 6.45) is 6.16. The molecule has 4 nitrogen and oxygen atoms in total. The second-order valence-corrected chi connectivity index (χ2v) is 6.43. The summed E-state index contributed by atoms with van der Waals surface area (Å²) < 4.78 is 4.91. The highest BCUT2D eigenvalue weighted by Gasteiger charge is 2.15. The fraction of sp³-hybridized carbons (Fsp3) is 0.600. The number of unbranched alkanes of at least 4 members (excludes halogenated alkanes) is 1. The van der Waals surface area contributed by atoms with E-state index in [4.69, 9.17) is 4.74 Å². The van der Waals surface area contributed by atoms with E-state index in [0.717, 1.165) is 37.2 Å². The first-order chi connectivity index (χ1) is 11.7. The lowest BCUT2D eigenvalue weighted by Crippen LogP contribution is -2.29. The van der Waals surface area contributed by atoms with Gasteiger partial charge in [-0.15, -0.1) is 0 Å². The van der Waals surface area contributed by atoms with Crippen LogP contribution in [0.15, 0.2) is 24.3 Å². The summed E-state index contributed by atoms with van der Waals surface area (Å²) in [6.45, 7) is 5.34. The molecule has 0 aromatic heterocycles. The molecule has 0 atom stereocenters. The Kier molecular flexibility index (Phi) is 7.96. The molecule has 1 fully saturated rings. The number of carbonyl (C=O) groups is 2. The van der Waals surface area contributed by atoms with E-state index < -0.39 is 0 Å². The van der Waals surface area contributed by atoms with Crippen LogP contribution in [-0.4, -0.2) is 36.3 Å². The Morgan fingerprint density at radius 2 is 1.75 bits per heavy atom. The van der Waals surface area contributed by atoms with Crippen LogP contribution in [0.3, 0.4) is 0 Å². The molecule has 1 aliphatic heterocycles. The third kappa shape index (κ3) is 6.08. The highest BCUT2D eigenvalue weighted by Crippen LogP contribution is 2.18. The molecule has 0 bridgehead atoms. The molecule has 0 amide bonds. The minimum Gasteiger partial charge on any atom is -0.466 e. The first-order valence-electron chi connectivity index (χ1n) is 9.19. The smallest absolute Gasteiger partial charge is 0.305 e. The van der Waals surface area contributed by atoms with Gasteiger partial charge in [-0.1, -0.05) is 30.7 Å². The number of piperidine rings is 1. The first kappa shape index (κ1) is 18.7. The van der Waals surface area contributed by atoms with Crippen molar-refractivity contribution < 1.29 is 14.3 Å². The Bertz CT molecular complexity index is 535. The van der Waals surface area contributed by atoms with Gasteiger partial charge in [0.25, 0.3) is 0 Å². The Morgan fingerprint density at radius 1 is 1.04 bits per heavy atom. The van der Waals surface area contributed by atoms with E-state index >= 15 is 0 Å². The number of hydrogen-bond donors (Lipinski definition) is 0. The summed E-state index contributed by atoms with van der Waals surface area (Å²) in [7, 11) is 0. The number of carbonyl (C=O) groups excluding carboxylic acids is 2. The normalized spacial score (nSPS) is 15.2. The molecule has 0 radical (unpaired) electrons. The molecule has 0 spiro atoms. The summed E-state index contributed by atoms with van der Waals surface area (Å²) >= 11 is 0. The van der Waals surface area contributed by atoms with Gasteiger partial charge in [0.15, 0.2) is 5.78 Å². The van der Waals surface area contributed by atoms with E-state index in [1.807, 2.05) is 18.2 Å². The summed E-state index contributed by atoms with van der Waals surface area (Å²) in [4.78, 5) is 26.3. The zero-order valence-corrected chi connectivity index (χ0v) is 14.8. The molecular weight excluding hydrogens is 302 g/mol. The monoisotopic (exact) mass is 331 g/mol. The van der Waals surface area contributed by atoms with Crippen molar-refractivity contribution in [2.24, 2.45) is 0 Å². The zero-order valence-electron chi connectivity index (χ0n) is 14.8. The van der Waals surface area contributed by atoms with Crippen molar-refractivity contribution in [2.75, 3.05) is 19.7 Å².